The molecule has 172 valence electrons. The maximum absolute atomic E-state index is 12.5. The smallest absolute Gasteiger partial charge is 0.339 e. The summed E-state index contributed by atoms with van der Waals surface area (Å²) in [6.45, 7) is 8.47. The number of aromatic nitrogens is 1. The molecule has 3 rings (SSSR count). The van der Waals surface area contributed by atoms with Crippen LogP contribution in [-0.2, 0) is 11.2 Å². The molecule has 2 heterocycles. The van der Waals surface area contributed by atoms with E-state index in [2.05, 4.69) is 22.2 Å². The van der Waals surface area contributed by atoms with Gasteiger partial charge < -0.3 is 19.8 Å². The lowest BCUT2D eigenvalue weighted by Gasteiger charge is -2.10. The van der Waals surface area contributed by atoms with E-state index in [4.69, 9.17) is 9.15 Å². The molecule has 0 saturated carbocycles. The fourth-order valence-corrected chi connectivity index (χ4v) is 3.27. The number of nitrogens with zero attached hydrogens (tertiary/aromatic N) is 1. The number of rotatable bonds is 10. The van der Waals surface area contributed by atoms with Crippen LogP contribution in [0.5, 0.6) is 5.75 Å². The summed E-state index contributed by atoms with van der Waals surface area (Å²) in [5.74, 6) is 0.149. The molecule has 33 heavy (non-hydrogen) atoms. The molecule has 1 aromatic carbocycles. The van der Waals surface area contributed by atoms with E-state index in [9.17, 15) is 14.4 Å². The second-order valence-corrected chi connectivity index (χ2v) is 7.74. The van der Waals surface area contributed by atoms with Gasteiger partial charge in [-0.1, -0.05) is 6.58 Å². The summed E-state index contributed by atoms with van der Waals surface area (Å²) in [4.78, 5) is 40.5. The number of benzene rings is 1. The van der Waals surface area contributed by atoms with Crippen molar-refractivity contribution >= 4 is 22.8 Å². The molecule has 0 spiro atoms. The number of nitrogens with one attached hydrogen (secondary N) is 2. The molecular formula is C25H27N3O5. The van der Waals surface area contributed by atoms with E-state index >= 15 is 0 Å². The Bertz CT molecular complexity index is 1220. The van der Waals surface area contributed by atoms with Gasteiger partial charge in [0.15, 0.2) is 0 Å². The van der Waals surface area contributed by atoms with Crippen LogP contribution in [0.15, 0.2) is 64.1 Å². The summed E-state index contributed by atoms with van der Waals surface area (Å²) >= 11 is 0. The minimum Gasteiger partial charge on any atom is -0.489 e. The van der Waals surface area contributed by atoms with Crippen molar-refractivity contribution in [3.8, 4) is 5.75 Å². The molecule has 0 fully saturated rings. The Morgan fingerprint density at radius 2 is 1.85 bits per heavy atom. The lowest BCUT2D eigenvalue weighted by Crippen LogP contribution is -2.34. The second-order valence-electron chi connectivity index (χ2n) is 7.74. The Morgan fingerprint density at radius 1 is 1.12 bits per heavy atom. The van der Waals surface area contributed by atoms with Crippen molar-refractivity contribution in [2.75, 3.05) is 19.7 Å². The van der Waals surface area contributed by atoms with Crippen molar-refractivity contribution in [1.29, 1.82) is 0 Å². The standard InChI is InChI=1S/C25H27N3O5/c1-16(2)15-32-19-4-5-20-17(3)21(25(31)33-22(20)14-19)6-7-23(29)27-12-13-28-24(30)18-8-10-26-11-9-18/h4-5,8-11,14H,1,6-7,12-13,15H2,2-3H3,(H,27,29)(H,28,30). The van der Waals surface area contributed by atoms with Crippen LogP contribution in [0, 0.1) is 6.92 Å². The van der Waals surface area contributed by atoms with E-state index in [0.29, 0.717) is 35.6 Å². The van der Waals surface area contributed by atoms with Crippen LogP contribution in [0.1, 0.15) is 34.8 Å². The quantitative estimate of drug-likeness (QED) is 0.280. The van der Waals surface area contributed by atoms with Crippen LogP contribution in [0.25, 0.3) is 11.0 Å². The number of hydrogen-bond donors (Lipinski definition) is 2. The number of carbonyl (C=O) groups excluding carboxylic acids is 2. The van der Waals surface area contributed by atoms with Crippen molar-refractivity contribution in [3.05, 3.63) is 82.0 Å². The zero-order valence-corrected chi connectivity index (χ0v) is 18.8. The molecular weight excluding hydrogens is 422 g/mol. The van der Waals surface area contributed by atoms with Crippen LogP contribution < -0.4 is 21.0 Å². The van der Waals surface area contributed by atoms with E-state index in [1.807, 2.05) is 26.0 Å². The molecule has 3 aromatic rings. The molecule has 0 saturated heterocycles. The maximum Gasteiger partial charge on any atom is 0.339 e. The minimum absolute atomic E-state index is 0.134. The fraction of sp³-hybridized carbons (Fsp3) is 0.280. The van der Waals surface area contributed by atoms with Gasteiger partial charge in [-0.05, 0) is 55.7 Å². The van der Waals surface area contributed by atoms with E-state index in [0.717, 1.165) is 16.5 Å². The average molecular weight is 450 g/mol. The van der Waals surface area contributed by atoms with Gasteiger partial charge in [-0.15, -0.1) is 0 Å². The number of fused-ring (bicyclic) bond motifs is 1. The minimum atomic E-state index is -0.463. The van der Waals surface area contributed by atoms with Crippen LogP contribution in [-0.4, -0.2) is 36.5 Å². The van der Waals surface area contributed by atoms with Gasteiger partial charge in [0.25, 0.3) is 5.91 Å². The first kappa shape index (κ1) is 23.7. The van der Waals surface area contributed by atoms with Gasteiger partial charge in [-0.3, -0.25) is 14.6 Å². The van der Waals surface area contributed by atoms with Crippen molar-refractivity contribution in [3.63, 3.8) is 0 Å². The third-order valence-electron chi connectivity index (χ3n) is 5.02. The first-order valence-electron chi connectivity index (χ1n) is 10.6. The Kier molecular flexibility index (Phi) is 7.96. The average Bonchev–Trinajstić information content (AvgIpc) is 2.80. The Labute approximate surface area is 191 Å². The largest absolute Gasteiger partial charge is 0.489 e. The maximum atomic E-state index is 12.5. The molecule has 0 bridgehead atoms. The monoisotopic (exact) mass is 449 g/mol. The summed E-state index contributed by atoms with van der Waals surface area (Å²) in [6, 6.07) is 8.57. The third-order valence-corrected chi connectivity index (χ3v) is 5.02. The van der Waals surface area contributed by atoms with E-state index in [-0.39, 0.29) is 31.2 Å². The SMILES string of the molecule is C=C(C)COc1ccc2c(C)c(CCC(=O)NCCNC(=O)c3ccncc3)c(=O)oc2c1. The van der Waals surface area contributed by atoms with Gasteiger partial charge in [0.1, 0.15) is 17.9 Å². The summed E-state index contributed by atoms with van der Waals surface area (Å²) < 4.78 is 11.1. The lowest BCUT2D eigenvalue weighted by atomic mass is 10.0. The molecule has 0 aliphatic heterocycles. The number of amides is 2. The molecule has 0 atom stereocenters. The fourth-order valence-electron chi connectivity index (χ4n) is 3.27. The first-order valence-corrected chi connectivity index (χ1v) is 10.6. The van der Waals surface area contributed by atoms with Gasteiger partial charge in [0.2, 0.25) is 5.91 Å². The molecule has 0 unspecified atom stereocenters. The summed E-state index contributed by atoms with van der Waals surface area (Å²) in [5, 5.41) is 6.27. The molecule has 2 amide bonds. The van der Waals surface area contributed by atoms with Gasteiger partial charge in [-0.25, -0.2) is 4.79 Å². The van der Waals surface area contributed by atoms with Crippen LogP contribution in [0.2, 0.25) is 0 Å². The molecule has 2 N–H and O–H groups in total. The zero-order valence-electron chi connectivity index (χ0n) is 18.8. The Morgan fingerprint density at radius 3 is 2.58 bits per heavy atom. The Balaban J connectivity index is 1.53. The number of carbonyl (C=O) groups is 2. The summed E-state index contributed by atoms with van der Waals surface area (Å²) in [5.41, 5.74) is 2.62. The van der Waals surface area contributed by atoms with Gasteiger partial charge >= 0.3 is 5.63 Å². The summed E-state index contributed by atoms with van der Waals surface area (Å²) in [7, 11) is 0. The van der Waals surface area contributed by atoms with Crippen molar-refractivity contribution in [1.82, 2.24) is 15.6 Å². The second kappa shape index (κ2) is 11.1. The zero-order chi connectivity index (χ0) is 23.8. The lowest BCUT2D eigenvalue weighted by molar-refractivity contribution is -0.121. The predicted octanol–water partition coefficient (Wildman–Crippen LogP) is 2.93. The molecule has 0 aliphatic carbocycles. The molecule has 2 aromatic heterocycles. The summed E-state index contributed by atoms with van der Waals surface area (Å²) in [6.07, 6.45) is 3.47. The van der Waals surface area contributed by atoms with Crippen molar-refractivity contribution in [2.24, 2.45) is 0 Å². The number of aryl methyl sites for hydroxylation is 1. The molecule has 8 nitrogen and oxygen atoms in total. The first-order chi connectivity index (χ1) is 15.8. The van der Waals surface area contributed by atoms with Crippen LogP contribution in [0.4, 0.5) is 0 Å². The molecule has 0 aliphatic rings. The van der Waals surface area contributed by atoms with Crippen molar-refractivity contribution in [2.45, 2.75) is 26.7 Å². The van der Waals surface area contributed by atoms with Gasteiger partial charge in [-0.2, -0.15) is 0 Å². The van der Waals surface area contributed by atoms with Crippen molar-refractivity contribution < 1.29 is 18.7 Å². The van der Waals surface area contributed by atoms with Crippen LogP contribution >= 0.6 is 0 Å². The molecule has 8 heteroatoms. The highest BCUT2D eigenvalue weighted by molar-refractivity contribution is 5.94. The van der Waals surface area contributed by atoms with Gasteiger partial charge in [0, 0.05) is 54.5 Å². The Hall–Kier alpha value is -3.94. The van der Waals surface area contributed by atoms with Gasteiger partial charge in [0.05, 0.1) is 0 Å². The van der Waals surface area contributed by atoms with E-state index in [1.54, 1.807) is 30.6 Å². The van der Waals surface area contributed by atoms with Crippen LogP contribution in [0.3, 0.4) is 0 Å². The topological polar surface area (TPSA) is 111 Å². The predicted molar refractivity (Wildman–Crippen MR) is 125 cm³/mol. The number of pyridine rings is 1. The molecule has 0 radical (unpaired) electrons. The normalized spacial score (nSPS) is 10.6. The highest BCUT2D eigenvalue weighted by Crippen LogP contribution is 2.25. The number of ether oxygens (including phenoxy) is 1. The highest BCUT2D eigenvalue weighted by atomic mass is 16.5. The van der Waals surface area contributed by atoms with E-state index < -0.39 is 5.63 Å². The third kappa shape index (κ3) is 6.52. The van der Waals surface area contributed by atoms with E-state index in [1.165, 1.54) is 0 Å². The highest BCUT2D eigenvalue weighted by Gasteiger charge is 2.14. The number of hydrogen-bond acceptors (Lipinski definition) is 6.